The van der Waals surface area contributed by atoms with Gasteiger partial charge in [0.1, 0.15) is 30.5 Å². The summed E-state index contributed by atoms with van der Waals surface area (Å²) in [6, 6.07) is 0. The van der Waals surface area contributed by atoms with Crippen LogP contribution >= 0.6 is 0 Å². The molecule has 0 spiro atoms. The van der Waals surface area contributed by atoms with Gasteiger partial charge in [0.15, 0.2) is 6.29 Å². The highest BCUT2D eigenvalue weighted by atomic mass is 16.7. The molecule has 4 unspecified atom stereocenters. The Morgan fingerprint density at radius 1 is 1.35 bits per heavy atom. The molecule has 1 heterocycles. The number of nitrogens with two attached hydrogens (primary N) is 1. The average molecular weight is 251 g/mol. The fourth-order valence-corrected chi connectivity index (χ4v) is 1.45. The number of rotatable bonds is 4. The lowest BCUT2D eigenvalue weighted by molar-refractivity contribution is -0.307. The van der Waals surface area contributed by atoms with Crippen LogP contribution in [0, 0.1) is 0 Å². The molecule has 0 aromatic carbocycles. The number of primary amides is 1. The normalized spacial score (nSPS) is 39.9. The SMILES string of the molecule is CC(OC1OC(CO)[C@H](O)[C@H](O)C1O)C(N)=O. The topological polar surface area (TPSA) is 142 Å². The average Bonchev–Trinajstić information content (AvgIpc) is 2.29. The van der Waals surface area contributed by atoms with Crippen LogP contribution in [0.1, 0.15) is 6.92 Å². The van der Waals surface area contributed by atoms with Gasteiger partial charge in [-0.1, -0.05) is 0 Å². The Kier molecular flexibility index (Phi) is 4.80. The maximum absolute atomic E-state index is 10.8. The lowest BCUT2D eigenvalue weighted by atomic mass is 9.99. The summed E-state index contributed by atoms with van der Waals surface area (Å²) in [5.74, 6) is -0.762. The van der Waals surface area contributed by atoms with Gasteiger partial charge in [0, 0.05) is 0 Å². The van der Waals surface area contributed by atoms with Gasteiger partial charge in [-0.25, -0.2) is 0 Å². The van der Waals surface area contributed by atoms with E-state index in [1.807, 2.05) is 0 Å². The van der Waals surface area contributed by atoms with E-state index < -0.39 is 49.3 Å². The molecule has 1 amide bonds. The second kappa shape index (κ2) is 5.71. The van der Waals surface area contributed by atoms with Crippen molar-refractivity contribution >= 4 is 5.91 Å². The first-order valence-corrected chi connectivity index (χ1v) is 5.13. The predicted molar refractivity (Wildman–Crippen MR) is 53.5 cm³/mol. The molecule has 1 rings (SSSR count). The van der Waals surface area contributed by atoms with Crippen LogP contribution in [0.15, 0.2) is 0 Å². The van der Waals surface area contributed by atoms with Crippen LogP contribution in [-0.2, 0) is 14.3 Å². The van der Waals surface area contributed by atoms with Gasteiger partial charge in [-0.15, -0.1) is 0 Å². The zero-order chi connectivity index (χ0) is 13.2. The number of carbonyl (C=O) groups excluding carboxylic acids is 1. The first-order valence-electron chi connectivity index (χ1n) is 5.13. The number of aliphatic hydroxyl groups is 4. The Hall–Kier alpha value is -0.770. The van der Waals surface area contributed by atoms with Crippen molar-refractivity contribution in [3.8, 4) is 0 Å². The molecule has 0 radical (unpaired) electrons. The summed E-state index contributed by atoms with van der Waals surface area (Å²) in [6.45, 7) is 0.791. The summed E-state index contributed by atoms with van der Waals surface area (Å²) in [7, 11) is 0. The number of aliphatic hydroxyl groups excluding tert-OH is 4. The molecule has 6 atom stereocenters. The van der Waals surface area contributed by atoms with Crippen molar-refractivity contribution in [2.75, 3.05) is 6.61 Å². The van der Waals surface area contributed by atoms with E-state index in [-0.39, 0.29) is 0 Å². The van der Waals surface area contributed by atoms with E-state index in [0.29, 0.717) is 0 Å². The summed E-state index contributed by atoms with van der Waals surface area (Å²) in [5.41, 5.74) is 4.97. The van der Waals surface area contributed by atoms with Gasteiger partial charge in [-0.2, -0.15) is 0 Å². The van der Waals surface area contributed by atoms with Crippen LogP contribution in [0.3, 0.4) is 0 Å². The van der Waals surface area contributed by atoms with Crippen molar-refractivity contribution in [1.29, 1.82) is 0 Å². The molecule has 1 aliphatic rings. The lowest BCUT2D eigenvalue weighted by Gasteiger charge is -2.40. The van der Waals surface area contributed by atoms with Crippen LogP contribution < -0.4 is 5.73 Å². The molecule has 8 nitrogen and oxygen atoms in total. The molecular weight excluding hydrogens is 234 g/mol. The van der Waals surface area contributed by atoms with E-state index in [1.165, 1.54) is 6.92 Å². The molecule has 0 saturated carbocycles. The maximum atomic E-state index is 10.8. The van der Waals surface area contributed by atoms with Crippen LogP contribution in [-0.4, -0.2) is 69.8 Å². The summed E-state index contributed by atoms with van der Waals surface area (Å²) >= 11 is 0. The van der Waals surface area contributed by atoms with Crippen molar-refractivity contribution in [1.82, 2.24) is 0 Å². The third kappa shape index (κ3) is 3.12. The highest BCUT2D eigenvalue weighted by Gasteiger charge is 2.44. The minimum atomic E-state index is -1.54. The van der Waals surface area contributed by atoms with Gasteiger partial charge in [0.05, 0.1) is 6.61 Å². The molecule has 0 aromatic rings. The Morgan fingerprint density at radius 3 is 2.41 bits per heavy atom. The van der Waals surface area contributed by atoms with Crippen molar-refractivity contribution in [2.45, 2.75) is 43.7 Å². The Bertz CT molecular complexity index is 272. The van der Waals surface area contributed by atoms with Gasteiger partial charge in [0.2, 0.25) is 5.91 Å². The molecule has 6 N–H and O–H groups in total. The van der Waals surface area contributed by atoms with Crippen molar-refractivity contribution in [2.24, 2.45) is 5.73 Å². The number of hydrogen-bond donors (Lipinski definition) is 5. The number of hydrogen-bond acceptors (Lipinski definition) is 7. The lowest BCUT2D eigenvalue weighted by Crippen LogP contribution is -2.60. The molecule has 1 fully saturated rings. The smallest absolute Gasteiger partial charge is 0.246 e. The minimum absolute atomic E-state index is 0.560. The molecular formula is C9H17NO7. The summed E-state index contributed by atoms with van der Waals surface area (Å²) < 4.78 is 10.00. The van der Waals surface area contributed by atoms with E-state index in [0.717, 1.165) is 0 Å². The number of carbonyl (C=O) groups is 1. The molecule has 1 saturated heterocycles. The Balaban J connectivity index is 2.68. The van der Waals surface area contributed by atoms with Crippen molar-refractivity contribution in [3.63, 3.8) is 0 Å². The third-order valence-electron chi connectivity index (χ3n) is 2.59. The largest absolute Gasteiger partial charge is 0.394 e. The fraction of sp³-hybridized carbons (Fsp3) is 0.889. The van der Waals surface area contributed by atoms with Crippen LogP contribution in [0.4, 0.5) is 0 Å². The summed E-state index contributed by atoms with van der Waals surface area (Å²) in [5, 5.41) is 37.4. The minimum Gasteiger partial charge on any atom is -0.394 e. The standard InChI is InChI=1S/C9H17NO7/c1-3(8(10)15)16-9-7(14)6(13)5(12)4(2-11)17-9/h3-7,9,11-14H,2H2,1H3,(H2,10,15)/t3?,4?,5-,6-,7?,9?/m0/s1. The van der Waals surface area contributed by atoms with Gasteiger partial charge in [0.25, 0.3) is 0 Å². The van der Waals surface area contributed by atoms with Crippen LogP contribution in [0.25, 0.3) is 0 Å². The molecule has 100 valence electrons. The van der Waals surface area contributed by atoms with Gasteiger partial charge in [-0.3, -0.25) is 4.79 Å². The van der Waals surface area contributed by atoms with E-state index in [9.17, 15) is 20.1 Å². The van der Waals surface area contributed by atoms with Gasteiger partial charge in [-0.05, 0) is 6.92 Å². The van der Waals surface area contributed by atoms with Crippen molar-refractivity contribution in [3.05, 3.63) is 0 Å². The van der Waals surface area contributed by atoms with E-state index in [1.54, 1.807) is 0 Å². The molecule has 0 aromatic heterocycles. The first-order chi connectivity index (χ1) is 7.88. The second-order valence-corrected chi connectivity index (χ2v) is 3.88. The molecule has 0 bridgehead atoms. The number of ether oxygens (including phenoxy) is 2. The molecule has 17 heavy (non-hydrogen) atoms. The molecule has 8 heteroatoms. The van der Waals surface area contributed by atoms with Crippen LogP contribution in [0.2, 0.25) is 0 Å². The second-order valence-electron chi connectivity index (χ2n) is 3.88. The number of amides is 1. The highest BCUT2D eigenvalue weighted by Crippen LogP contribution is 2.22. The predicted octanol–water partition coefficient (Wildman–Crippen LogP) is -3.32. The Labute approximate surface area is 97.6 Å². The first kappa shape index (κ1) is 14.3. The monoisotopic (exact) mass is 251 g/mol. The zero-order valence-electron chi connectivity index (χ0n) is 9.26. The van der Waals surface area contributed by atoms with Gasteiger partial charge >= 0.3 is 0 Å². The zero-order valence-corrected chi connectivity index (χ0v) is 9.26. The van der Waals surface area contributed by atoms with E-state index >= 15 is 0 Å². The quantitative estimate of drug-likeness (QED) is 0.352. The van der Waals surface area contributed by atoms with Crippen molar-refractivity contribution < 1.29 is 34.7 Å². The molecule has 0 aliphatic carbocycles. The van der Waals surface area contributed by atoms with E-state index in [4.69, 9.17) is 20.3 Å². The molecule has 1 aliphatic heterocycles. The maximum Gasteiger partial charge on any atom is 0.246 e. The summed E-state index contributed by atoms with van der Waals surface area (Å²) in [4.78, 5) is 10.8. The van der Waals surface area contributed by atoms with Crippen LogP contribution in [0.5, 0.6) is 0 Å². The Morgan fingerprint density at radius 2 is 1.94 bits per heavy atom. The third-order valence-corrected chi connectivity index (χ3v) is 2.59. The fourth-order valence-electron chi connectivity index (χ4n) is 1.45. The van der Waals surface area contributed by atoms with Gasteiger partial charge < -0.3 is 35.6 Å². The highest BCUT2D eigenvalue weighted by molar-refractivity contribution is 5.78. The van der Waals surface area contributed by atoms with E-state index in [2.05, 4.69) is 0 Å². The summed E-state index contributed by atoms with van der Waals surface area (Å²) in [6.07, 6.45) is -7.97.